The van der Waals surface area contributed by atoms with Gasteiger partial charge in [-0.2, -0.15) is 5.10 Å². The molecule has 98 valence electrons. The van der Waals surface area contributed by atoms with Crippen LogP contribution in [0.2, 0.25) is 0 Å². The minimum absolute atomic E-state index is 0.00461. The van der Waals surface area contributed by atoms with E-state index in [1.165, 1.54) is 19.5 Å². The predicted molar refractivity (Wildman–Crippen MR) is 68.3 cm³/mol. The number of hydrogen-bond donors (Lipinski definition) is 1. The highest BCUT2D eigenvalue weighted by Gasteiger charge is 2.58. The van der Waals surface area contributed by atoms with E-state index in [1.807, 2.05) is 6.21 Å². The van der Waals surface area contributed by atoms with Crippen molar-refractivity contribution in [3.8, 4) is 0 Å². The molecule has 1 aliphatic carbocycles. The number of urea groups is 1. The minimum Gasteiger partial charge on any atom is -0.332 e. The molecule has 0 aromatic heterocycles. The van der Waals surface area contributed by atoms with E-state index >= 15 is 0 Å². The van der Waals surface area contributed by atoms with E-state index in [0.717, 1.165) is 25.3 Å². The zero-order valence-electron chi connectivity index (χ0n) is 10.8. The Hall–Kier alpha value is -1.10. The summed E-state index contributed by atoms with van der Waals surface area (Å²) in [7, 11) is 0. The number of fused-ring (bicyclic) bond motifs is 3. The molecule has 5 atom stereocenters. The highest BCUT2D eigenvalue weighted by atomic mass is 16.2. The lowest BCUT2D eigenvalue weighted by Gasteiger charge is -2.31. The molecule has 4 rings (SSSR count). The Morgan fingerprint density at radius 3 is 3.06 bits per heavy atom. The Morgan fingerprint density at radius 2 is 2.39 bits per heavy atom. The summed E-state index contributed by atoms with van der Waals surface area (Å²) in [6, 6.07) is 0.641. The number of carbonyl (C=O) groups is 1. The normalized spacial score (nSPS) is 48.2. The van der Waals surface area contributed by atoms with Gasteiger partial charge in [-0.1, -0.05) is 6.92 Å². The molecule has 3 fully saturated rings. The van der Waals surface area contributed by atoms with Gasteiger partial charge in [0.05, 0.1) is 6.04 Å². The number of nitrogens with zero attached hydrogens (tertiary/aromatic N) is 3. The van der Waals surface area contributed by atoms with Crippen molar-refractivity contribution >= 4 is 12.2 Å². The van der Waals surface area contributed by atoms with Crippen molar-refractivity contribution in [2.24, 2.45) is 16.4 Å². The summed E-state index contributed by atoms with van der Waals surface area (Å²) in [6.07, 6.45) is 5.45. The van der Waals surface area contributed by atoms with Crippen LogP contribution in [0.25, 0.3) is 0 Å². The molecule has 2 saturated heterocycles. The third-order valence-corrected chi connectivity index (χ3v) is 5.01. The topological polar surface area (TPSA) is 47.9 Å². The van der Waals surface area contributed by atoms with Crippen LogP contribution in [0.1, 0.15) is 26.2 Å². The average molecular weight is 248 g/mol. The third kappa shape index (κ3) is 1.56. The van der Waals surface area contributed by atoms with Crippen LogP contribution in [0.4, 0.5) is 4.79 Å². The van der Waals surface area contributed by atoms with E-state index in [4.69, 9.17) is 0 Å². The van der Waals surface area contributed by atoms with Gasteiger partial charge in [-0.3, -0.25) is 0 Å². The van der Waals surface area contributed by atoms with Gasteiger partial charge in [-0.25, -0.2) is 9.80 Å². The molecule has 2 amide bonds. The molecular formula is C13H20N4O. The van der Waals surface area contributed by atoms with E-state index < -0.39 is 0 Å². The van der Waals surface area contributed by atoms with Gasteiger partial charge >= 0.3 is 6.03 Å². The second-order valence-electron chi connectivity index (χ2n) is 6.61. The van der Waals surface area contributed by atoms with Gasteiger partial charge in [0.1, 0.15) is 0 Å². The monoisotopic (exact) mass is 248 g/mol. The van der Waals surface area contributed by atoms with Gasteiger partial charge in [-0.15, -0.1) is 0 Å². The number of piperidine rings is 1. The van der Waals surface area contributed by atoms with E-state index in [-0.39, 0.29) is 11.4 Å². The van der Waals surface area contributed by atoms with Crippen LogP contribution in [-0.4, -0.2) is 53.9 Å². The summed E-state index contributed by atoms with van der Waals surface area (Å²) in [5.41, 5.74) is 0.173. The fourth-order valence-corrected chi connectivity index (χ4v) is 3.74. The van der Waals surface area contributed by atoms with Gasteiger partial charge in [0, 0.05) is 30.8 Å². The summed E-state index contributed by atoms with van der Waals surface area (Å²) in [5.74, 6) is 0.789. The molecule has 3 aliphatic heterocycles. The molecule has 0 spiro atoms. The Balaban J connectivity index is 1.38. The zero-order chi connectivity index (χ0) is 12.3. The molecule has 18 heavy (non-hydrogen) atoms. The average Bonchev–Trinajstić information content (AvgIpc) is 2.71. The minimum atomic E-state index is 0.00461. The van der Waals surface area contributed by atoms with Crippen LogP contribution in [0, 0.1) is 11.3 Å². The lowest BCUT2D eigenvalue weighted by molar-refractivity contribution is 0.176. The van der Waals surface area contributed by atoms with E-state index in [0.29, 0.717) is 12.1 Å². The molecule has 0 radical (unpaired) electrons. The number of rotatable bonds is 1. The van der Waals surface area contributed by atoms with Gasteiger partial charge in [0.15, 0.2) is 0 Å². The molecule has 3 heterocycles. The molecule has 5 heteroatoms. The van der Waals surface area contributed by atoms with Crippen LogP contribution in [0.5, 0.6) is 0 Å². The van der Waals surface area contributed by atoms with Crippen molar-refractivity contribution in [1.82, 2.24) is 15.2 Å². The maximum absolute atomic E-state index is 12.2. The van der Waals surface area contributed by atoms with Crippen molar-refractivity contribution in [1.29, 1.82) is 0 Å². The number of hydrazone groups is 1. The maximum Gasteiger partial charge on any atom is 0.338 e. The third-order valence-electron chi connectivity index (χ3n) is 5.01. The highest BCUT2D eigenvalue weighted by Crippen LogP contribution is 2.51. The summed E-state index contributed by atoms with van der Waals surface area (Å²) < 4.78 is 0. The molecule has 0 aromatic rings. The summed E-state index contributed by atoms with van der Waals surface area (Å²) in [5, 5.41) is 9.07. The molecule has 1 N–H and O–H groups in total. The Morgan fingerprint density at radius 1 is 1.50 bits per heavy atom. The van der Waals surface area contributed by atoms with Gasteiger partial charge in [0.25, 0.3) is 0 Å². The SMILES string of the molecule is CC12C=NN(C(=O)N[C@@H]3C[C@H]4CCN(C4)C3)C1C2. The standard InChI is InChI=1S/C13H20N4O/c1-13-5-11(13)17(14-8-13)12(18)15-10-4-9-2-3-16(6-9)7-10/h8-11H,2-7H2,1H3,(H,15,18)/t9-,10-,11?,13?/m1/s1. The van der Waals surface area contributed by atoms with Crippen molar-refractivity contribution in [2.75, 3.05) is 19.6 Å². The molecule has 4 aliphatic rings. The van der Waals surface area contributed by atoms with Gasteiger partial charge < -0.3 is 10.2 Å². The Kier molecular flexibility index (Phi) is 2.08. The van der Waals surface area contributed by atoms with Crippen molar-refractivity contribution < 1.29 is 4.79 Å². The first-order valence-electron chi connectivity index (χ1n) is 7.01. The fourth-order valence-electron chi connectivity index (χ4n) is 3.74. The molecule has 0 aromatic carbocycles. The smallest absolute Gasteiger partial charge is 0.332 e. The van der Waals surface area contributed by atoms with Crippen LogP contribution in [0.3, 0.4) is 0 Å². The molecule has 3 unspecified atom stereocenters. The number of hydrogen-bond acceptors (Lipinski definition) is 3. The van der Waals surface area contributed by atoms with Crippen LogP contribution >= 0.6 is 0 Å². The molecule has 2 bridgehead atoms. The van der Waals surface area contributed by atoms with E-state index in [9.17, 15) is 4.79 Å². The number of carbonyl (C=O) groups excluding carboxylic acids is 1. The maximum atomic E-state index is 12.2. The first-order valence-corrected chi connectivity index (χ1v) is 7.01. The summed E-state index contributed by atoms with van der Waals surface area (Å²) >= 11 is 0. The first-order chi connectivity index (χ1) is 8.64. The lowest BCUT2D eigenvalue weighted by Crippen LogP contribution is -2.50. The number of amides is 2. The summed E-state index contributed by atoms with van der Waals surface area (Å²) in [6.45, 7) is 5.62. The van der Waals surface area contributed by atoms with Gasteiger partial charge in [-0.05, 0) is 31.7 Å². The molecule has 5 nitrogen and oxygen atoms in total. The summed E-state index contributed by atoms with van der Waals surface area (Å²) in [4.78, 5) is 14.7. The highest BCUT2D eigenvalue weighted by molar-refractivity contribution is 5.83. The van der Waals surface area contributed by atoms with Crippen LogP contribution < -0.4 is 5.32 Å². The van der Waals surface area contributed by atoms with Crippen molar-refractivity contribution in [3.05, 3.63) is 0 Å². The van der Waals surface area contributed by atoms with Gasteiger partial charge in [0.2, 0.25) is 0 Å². The van der Waals surface area contributed by atoms with Crippen LogP contribution in [0.15, 0.2) is 5.10 Å². The molecule has 1 saturated carbocycles. The quantitative estimate of drug-likeness (QED) is 0.748. The predicted octanol–water partition coefficient (Wildman–Crippen LogP) is 0.870. The zero-order valence-corrected chi connectivity index (χ0v) is 10.8. The second kappa shape index (κ2) is 3.47. The molecular weight excluding hydrogens is 228 g/mol. The van der Waals surface area contributed by atoms with Crippen molar-refractivity contribution in [2.45, 2.75) is 38.3 Å². The Labute approximate surface area is 107 Å². The Bertz CT molecular complexity index is 411. The van der Waals surface area contributed by atoms with Crippen molar-refractivity contribution in [3.63, 3.8) is 0 Å². The fraction of sp³-hybridized carbons (Fsp3) is 0.846. The first kappa shape index (κ1) is 10.8. The largest absolute Gasteiger partial charge is 0.338 e. The lowest BCUT2D eigenvalue weighted by atomic mass is 9.97. The van der Waals surface area contributed by atoms with E-state index in [2.05, 4.69) is 22.2 Å². The number of nitrogens with one attached hydrogen (secondary N) is 1. The van der Waals surface area contributed by atoms with Crippen LogP contribution in [-0.2, 0) is 0 Å². The second-order valence-corrected chi connectivity index (χ2v) is 6.61. The van der Waals surface area contributed by atoms with E-state index in [1.54, 1.807) is 5.01 Å².